The molecule has 0 aromatic rings. The number of carbonyl (C=O) groups is 4. The topological polar surface area (TPSA) is 237 Å². The number of aliphatic hydroxyl groups is 1. The first kappa shape index (κ1) is 93.1. The van der Waals surface area contributed by atoms with Gasteiger partial charge < -0.3 is 33.8 Å². The van der Waals surface area contributed by atoms with Crippen molar-refractivity contribution >= 4 is 39.5 Å². The van der Waals surface area contributed by atoms with Gasteiger partial charge in [-0.15, -0.1) is 0 Å². The maximum absolute atomic E-state index is 13.1. The van der Waals surface area contributed by atoms with Crippen molar-refractivity contribution in [2.75, 3.05) is 39.6 Å². The van der Waals surface area contributed by atoms with Gasteiger partial charge in [-0.25, -0.2) is 9.13 Å². The number of phosphoric acid groups is 2. The van der Waals surface area contributed by atoms with E-state index < -0.39 is 97.5 Å². The van der Waals surface area contributed by atoms with Crippen LogP contribution >= 0.6 is 15.6 Å². The van der Waals surface area contributed by atoms with E-state index in [1.165, 1.54) is 225 Å². The van der Waals surface area contributed by atoms with E-state index >= 15 is 0 Å². The molecule has 0 heterocycles. The molecule has 564 valence electrons. The molecular weight excluding hydrogens is 1250 g/mol. The molecule has 0 spiro atoms. The Bertz CT molecular complexity index is 1820. The molecule has 95 heavy (non-hydrogen) atoms. The van der Waals surface area contributed by atoms with Crippen LogP contribution in [0.15, 0.2) is 0 Å². The number of hydrogen-bond donors (Lipinski definition) is 3. The Balaban J connectivity index is 5.17. The van der Waals surface area contributed by atoms with E-state index in [1.54, 1.807) is 0 Å². The van der Waals surface area contributed by atoms with E-state index in [2.05, 4.69) is 34.6 Å². The molecule has 0 saturated carbocycles. The highest BCUT2D eigenvalue weighted by molar-refractivity contribution is 7.47. The molecular formula is C76H148O17P2. The summed E-state index contributed by atoms with van der Waals surface area (Å²) >= 11 is 0. The van der Waals surface area contributed by atoms with Gasteiger partial charge in [0.15, 0.2) is 12.2 Å². The molecule has 0 rings (SSSR count). The molecule has 6 atom stereocenters. The van der Waals surface area contributed by atoms with Crippen molar-refractivity contribution in [3.8, 4) is 0 Å². The Morgan fingerprint density at radius 3 is 0.747 bits per heavy atom. The predicted molar refractivity (Wildman–Crippen MR) is 386 cm³/mol. The Morgan fingerprint density at radius 2 is 0.505 bits per heavy atom. The third-order valence-corrected chi connectivity index (χ3v) is 20.0. The molecule has 0 aliphatic heterocycles. The average Bonchev–Trinajstić information content (AvgIpc) is 3.36. The number of aliphatic hydroxyl groups excluding tert-OH is 1. The van der Waals surface area contributed by atoms with Gasteiger partial charge in [0.05, 0.1) is 26.4 Å². The van der Waals surface area contributed by atoms with Crippen LogP contribution in [0.25, 0.3) is 0 Å². The van der Waals surface area contributed by atoms with Crippen molar-refractivity contribution in [2.24, 2.45) is 5.92 Å². The van der Waals surface area contributed by atoms with Gasteiger partial charge in [0.25, 0.3) is 0 Å². The van der Waals surface area contributed by atoms with Crippen molar-refractivity contribution < 1.29 is 80.2 Å². The summed E-state index contributed by atoms with van der Waals surface area (Å²) in [5, 5.41) is 10.6. The van der Waals surface area contributed by atoms with Gasteiger partial charge in [-0.1, -0.05) is 349 Å². The minimum atomic E-state index is -4.96. The van der Waals surface area contributed by atoms with Crippen molar-refractivity contribution in [2.45, 2.75) is 419 Å². The number of rotatable bonds is 76. The highest BCUT2D eigenvalue weighted by Crippen LogP contribution is 2.45. The minimum Gasteiger partial charge on any atom is -0.462 e. The Hall–Kier alpha value is -1.94. The van der Waals surface area contributed by atoms with Crippen LogP contribution in [-0.2, 0) is 65.4 Å². The number of phosphoric ester groups is 2. The fourth-order valence-electron chi connectivity index (χ4n) is 11.7. The molecule has 17 nitrogen and oxygen atoms in total. The highest BCUT2D eigenvalue weighted by Gasteiger charge is 2.30. The maximum atomic E-state index is 13.1. The second-order valence-electron chi connectivity index (χ2n) is 27.6. The van der Waals surface area contributed by atoms with Crippen LogP contribution in [-0.4, -0.2) is 96.7 Å². The van der Waals surface area contributed by atoms with Gasteiger partial charge in [-0.05, 0) is 31.6 Å². The van der Waals surface area contributed by atoms with E-state index in [0.29, 0.717) is 25.7 Å². The van der Waals surface area contributed by atoms with Gasteiger partial charge in [0.1, 0.15) is 19.3 Å². The van der Waals surface area contributed by atoms with Crippen LogP contribution < -0.4 is 0 Å². The van der Waals surface area contributed by atoms with E-state index in [9.17, 15) is 43.2 Å². The van der Waals surface area contributed by atoms with Gasteiger partial charge in [-0.3, -0.25) is 37.3 Å². The highest BCUT2D eigenvalue weighted by atomic mass is 31.2. The van der Waals surface area contributed by atoms with Gasteiger partial charge in [0, 0.05) is 25.7 Å². The van der Waals surface area contributed by atoms with Crippen LogP contribution in [0.5, 0.6) is 0 Å². The summed E-state index contributed by atoms with van der Waals surface area (Å²) in [5.74, 6) is -1.24. The van der Waals surface area contributed by atoms with E-state index in [1.807, 2.05) is 0 Å². The number of ether oxygens (including phenoxy) is 4. The summed E-state index contributed by atoms with van der Waals surface area (Å²) in [6, 6.07) is 0. The molecule has 0 aliphatic carbocycles. The molecule has 0 radical (unpaired) electrons. The van der Waals surface area contributed by atoms with E-state index in [-0.39, 0.29) is 25.7 Å². The zero-order valence-corrected chi connectivity index (χ0v) is 63.6. The van der Waals surface area contributed by atoms with Crippen LogP contribution in [0.2, 0.25) is 0 Å². The molecule has 3 N–H and O–H groups in total. The largest absolute Gasteiger partial charge is 0.472 e. The quantitative estimate of drug-likeness (QED) is 0.0222. The summed E-state index contributed by atoms with van der Waals surface area (Å²) in [5.41, 5.74) is 0. The first-order valence-electron chi connectivity index (χ1n) is 39.7. The Labute approximate surface area is 581 Å². The fourth-order valence-corrected chi connectivity index (χ4v) is 13.3. The summed E-state index contributed by atoms with van der Waals surface area (Å²) in [4.78, 5) is 72.7. The van der Waals surface area contributed by atoms with Crippen molar-refractivity contribution in [3.63, 3.8) is 0 Å². The monoisotopic (exact) mass is 1400 g/mol. The molecule has 0 aliphatic rings. The molecule has 0 aromatic heterocycles. The smallest absolute Gasteiger partial charge is 0.462 e. The predicted octanol–water partition coefficient (Wildman–Crippen LogP) is 22.5. The molecule has 19 heteroatoms. The van der Waals surface area contributed by atoms with Crippen LogP contribution in [0.1, 0.15) is 401 Å². The van der Waals surface area contributed by atoms with Crippen molar-refractivity contribution in [1.29, 1.82) is 0 Å². The third kappa shape index (κ3) is 69.0. The molecule has 0 bridgehead atoms. The maximum Gasteiger partial charge on any atom is 0.472 e. The van der Waals surface area contributed by atoms with E-state index in [0.717, 1.165) is 95.8 Å². The molecule has 3 unspecified atom stereocenters. The zero-order valence-electron chi connectivity index (χ0n) is 61.8. The first-order chi connectivity index (χ1) is 46.1. The number of esters is 4. The molecule has 0 amide bonds. The van der Waals surface area contributed by atoms with Gasteiger partial charge in [0.2, 0.25) is 0 Å². The van der Waals surface area contributed by atoms with Gasteiger partial charge >= 0.3 is 39.5 Å². The summed E-state index contributed by atoms with van der Waals surface area (Å²) in [7, 11) is -9.90. The summed E-state index contributed by atoms with van der Waals surface area (Å²) < 4.78 is 68.4. The molecule has 0 saturated heterocycles. The zero-order chi connectivity index (χ0) is 69.8. The normalized spacial score (nSPS) is 14.2. The first-order valence-corrected chi connectivity index (χ1v) is 42.7. The average molecular weight is 1400 g/mol. The summed E-state index contributed by atoms with van der Waals surface area (Å²) in [6.45, 7) is 7.34. The van der Waals surface area contributed by atoms with Gasteiger partial charge in [-0.2, -0.15) is 0 Å². The second kappa shape index (κ2) is 69.2. The Morgan fingerprint density at radius 1 is 0.295 bits per heavy atom. The lowest BCUT2D eigenvalue weighted by Crippen LogP contribution is -2.30. The lowest BCUT2D eigenvalue weighted by atomic mass is 9.99. The van der Waals surface area contributed by atoms with Crippen LogP contribution in [0.4, 0.5) is 0 Å². The van der Waals surface area contributed by atoms with E-state index in [4.69, 9.17) is 37.0 Å². The van der Waals surface area contributed by atoms with Crippen molar-refractivity contribution in [3.05, 3.63) is 0 Å². The molecule has 0 aromatic carbocycles. The van der Waals surface area contributed by atoms with Crippen LogP contribution in [0, 0.1) is 5.92 Å². The third-order valence-electron chi connectivity index (χ3n) is 18.1. The minimum absolute atomic E-state index is 0.107. The lowest BCUT2D eigenvalue weighted by Gasteiger charge is -2.21. The molecule has 0 fully saturated rings. The second-order valence-corrected chi connectivity index (χ2v) is 30.5. The number of carbonyl (C=O) groups excluding carboxylic acids is 4. The van der Waals surface area contributed by atoms with Crippen molar-refractivity contribution in [1.82, 2.24) is 0 Å². The Kier molecular flexibility index (Phi) is 67.7. The fraction of sp³-hybridized carbons (Fsp3) is 0.947. The number of hydrogen-bond acceptors (Lipinski definition) is 15. The SMILES string of the molecule is CCCCCCCCCCCCCCCC(=O)OC[C@H](COP(=O)(O)OC[C@@H](O)COP(=O)(O)OC[C@@H](COC(=O)CCCCCCCCCCCC)OC(=O)CCCCCCCCCCCC)OC(=O)CCCCCCCCCCCCCCCCCCCCC(C)CC. The van der Waals surface area contributed by atoms with Crippen LogP contribution in [0.3, 0.4) is 0 Å². The standard InChI is InChI=1S/C76H148O17P2/c1-6-10-13-16-19-22-25-32-36-41-45-50-55-60-74(79)87-66-72(93-76(81)62-57-52-47-42-37-34-31-29-27-26-28-30-33-35-38-43-48-53-58-69(5)9-4)68-91-95(84,85)89-64-70(77)63-88-94(82,83)90-67-71(92-75(80)61-56-51-46-40-24-21-18-15-12-8-3)65-86-73(78)59-54-49-44-39-23-20-17-14-11-7-2/h69-72,77H,6-68H2,1-5H3,(H,82,83)(H,84,85)/t69?,70-,71+,72+/m0/s1. The lowest BCUT2D eigenvalue weighted by molar-refractivity contribution is -0.161. The summed E-state index contributed by atoms with van der Waals surface area (Å²) in [6.07, 6.45) is 58.2. The number of unbranched alkanes of at least 4 members (excludes halogenated alkanes) is 47.